The molecule has 7 nitrogen and oxygen atoms in total. The number of aryl methyl sites for hydroxylation is 1. The first kappa shape index (κ1) is 19.3. The van der Waals surface area contributed by atoms with Crippen LogP contribution >= 0.6 is 11.6 Å². The highest BCUT2D eigenvalue weighted by Crippen LogP contribution is 2.20. The van der Waals surface area contributed by atoms with Gasteiger partial charge in [-0.1, -0.05) is 11.6 Å². The molecule has 144 valence electrons. The highest BCUT2D eigenvalue weighted by molar-refractivity contribution is 6.30. The molecule has 27 heavy (non-hydrogen) atoms. The smallest absolute Gasteiger partial charge is 0.255 e. The van der Waals surface area contributed by atoms with Crippen LogP contribution in [0.15, 0.2) is 23.0 Å². The number of nitrogens with one attached hydrogen (secondary N) is 2. The first-order valence-electron chi connectivity index (χ1n) is 8.61. The summed E-state index contributed by atoms with van der Waals surface area (Å²) < 4.78 is 19.0. The van der Waals surface area contributed by atoms with E-state index in [-0.39, 0.29) is 24.1 Å². The van der Waals surface area contributed by atoms with Crippen LogP contribution in [0.3, 0.4) is 0 Å². The van der Waals surface area contributed by atoms with Gasteiger partial charge in [-0.25, -0.2) is 9.37 Å². The number of rotatable bonds is 5. The summed E-state index contributed by atoms with van der Waals surface area (Å²) in [5, 5.41) is 2.79. The highest BCUT2D eigenvalue weighted by Gasteiger charge is 2.17. The number of aromatic amines is 1. The van der Waals surface area contributed by atoms with Gasteiger partial charge in [0.2, 0.25) is 11.9 Å². The minimum absolute atomic E-state index is 0.0129. The Hall–Kier alpha value is -2.45. The van der Waals surface area contributed by atoms with Crippen LogP contribution in [0.1, 0.15) is 17.7 Å². The van der Waals surface area contributed by atoms with Gasteiger partial charge < -0.3 is 15.0 Å². The highest BCUT2D eigenvalue weighted by atomic mass is 35.5. The van der Waals surface area contributed by atoms with Crippen molar-refractivity contribution in [1.29, 1.82) is 0 Å². The molecule has 0 radical (unpaired) electrons. The van der Waals surface area contributed by atoms with Crippen LogP contribution in [-0.2, 0) is 16.0 Å². The Labute approximate surface area is 160 Å². The van der Waals surface area contributed by atoms with E-state index in [0.717, 1.165) is 0 Å². The summed E-state index contributed by atoms with van der Waals surface area (Å²) in [7, 11) is 0. The van der Waals surface area contributed by atoms with Crippen molar-refractivity contribution in [3.05, 3.63) is 50.7 Å². The van der Waals surface area contributed by atoms with Gasteiger partial charge in [0.15, 0.2) is 0 Å². The number of benzene rings is 1. The molecule has 1 saturated heterocycles. The maximum Gasteiger partial charge on any atom is 0.255 e. The summed E-state index contributed by atoms with van der Waals surface area (Å²) in [6, 6.07) is 3.92. The molecule has 2 heterocycles. The standard InChI is InChI=1S/C18H20ClFN4O3/c1-11-13(17(26)23-18(21-11)24-6-8-27-9-7-24)3-5-16(25)22-15-10-12(19)2-4-14(15)20/h2,4,10H,3,5-9H2,1H3,(H,22,25)(H,21,23,26). The van der Waals surface area contributed by atoms with Crippen molar-refractivity contribution >= 4 is 29.1 Å². The molecule has 0 spiro atoms. The molecule has 0 unspecified atom stereocenters. The first-order chi connectivity index (χ1) is 12.9. The number of amides is 1. The minimum Gasteiger partial charge on any atom is -0.378 e. The maximum atomic E-state index is 13.7. The zero-order chi connectivity index (χ0) is 19.4. The molecule has 0 bridgehead atoms. The van der Waals surface area contributed by atoms with Crippen molar-refractivity contribution in [2.45, 2.75) is 19.8 Å². The molecule has 9 heteroatoms. The fourth-order valence-electron chi connectivity index (χ4n) is 2.86. The van der Waals surface area contributed by atoms with Gasteiger partial charge in [-0.15, -0.1) is 0 Å². The van der Waals surface area contributed by atoms with Crippen molar-refractivity contribution in [2.24, 2.45) is 0 Å². The summed E-state index contributed by atoms with van der Waals surface area (Å²) in [5.41, 5.74) is 0.750. The Balaban J connectivity index is 1.66. The Morgan fingerprint density at radius 2 is 2.15 bits per heavy atom. The van der Waals surface area contributed by atoms with E-state index in [2.05, 4.69) is 15.3 Å². The molecule has 0 aliphatic carbocycles. The van der Waals surface area contributed by atoms with Crippen molar-refractivity contribution < 1.29 is 13.9 Å². The van der Waals surface area contributed by atoms with Crippen LogP contribution in [0.4, 0.5) is 16.0 Å². The topological polar surface area (TPSA) is 87.3 Å². The number of aromatic nitrogens is 2. The number of carbonyl (C=O) groups is 1. The van der Waals surface area contributed by atoms with Crippen molar-refractivity contribution in [3.63, 3.8) is 0 Å². The second kappa shape index (κ2) is 8.49. The van der Waals surface area contributed by atoms with Gasteiger partial charge in [-0.3, -0.25) is 14.6 Å². The van der Waals surface area contributed by atoms with Crippen LogP contribution in [0.2, 0.25) is 5.02 Å². The molecule has 2 aromatic rings. The second-order valence-corrected chi connectivity index (χ2v) is 6.66. The normalized spacial score (nSPS) is 14.3. The van der Waals surface area contributed by atoms with Gasteiger partial charge in [0, 0.05) is 35.8 Å². The van der Waals surface area contributed by atoms with E-state index in [9.17, 15) is 14.0 Å². The predicted molar refractivity (Wildman–Crippen MR) is 101 cm³/mol. The Morgan fingerprint density at radius 1 is 1.41 bits per heavy atom. The lowest BCUT2D eigenvalue weighted by Crippen LogP contribution is -2.38. The zero-order valence-electron chi connectivity index (χ0n) is 14.8. The third kappa shape index (κ3) is 4.84. The fraction of sp³-hybridized carbons (Fsp3) is 0.389. The monoisotopic (exact) mass is 394 g/mol. The summed E-state index contributed by atoms with van der Waals surface area (Å²) in [6.45, 7) is 4.24. The van der Waals surface area contributed by atoms with Crippen molar-refractivity contribution in [3.8, 4) is 0 Å². The largest absolute Gasteiger partial charge is 0.378 e. The van der Waals surface area contributed by atoms with E-state index in [1.165, 1.54) is 18.2 Å². The number of H-pyrrole nitrogens is 1. The molecular weight excluding hydrogens is 375 g/mol. The van der Waals surface area contributed by atoms with Gasteiger partial charge >= 0.3 is 0 Å². The number of halogens is 2. The van der Waals surface area contributed by atoms with Crippen molar-refractivity contribution in [1.82, 2.24) is 9.97 Å². The molecule has 1 aromatic heterocycles. The van der Waals surface area contributed by atoms with Gasteiger partial charge in [0.25, 0.3) is 5.56 Å². The average Bonchev–Trinajstić information content (AvgIpc) is 2.64. The number of anilines is 2. The molecule has 3 rings (SSSR count). The van der Waals surface area contributed by atoms with Crippen LogP contribution in [-0.4, -0.2) is 42.2 Å². The van der Waals surface area contributed by atoms with Gasteiger partial charge in [-0.05, 0) is 31.5 Å². The number of hydrogen-bond acceptors (Lipinski definition) is 5. The SMILES string of the molecule is Cc1nc(N2CCOCC2)[nH]c(=O)c1CCC(=O)Nc1cc(Cl)ccc1F. The van der Waals surface area contributed by atoms with E-state index >= 15 is 0 Å². The van der Waals surface area contributed by atoms with E-state index in [4.69, 9.17) is 16.3 Å². The van der Waals surface area contributed by atoms with E-state index < -0.39 is 11.7 Å². The van der Waals surface area contributed by atoms with E-state index in [1.54, 1.807) is 6.92 Å². The minimum atomic E-state index is -0.571. The predicted octanol–water partition coefficient (Wildman–Crippen LogP) is 2.28. The number of ether oxygens (including phenoxy) is 1. The van der Waals surface area contributed by atoms with E-state index in [0.29, 0.717) is 48.5 Å². The lowest BCUT2D eigenvalue weighted by molar-refractivity contribution is -0.116. The molecule has 0 saturated carbocycles. The summed E-state index contributed by atoms with van der Waals surface area (Å²) in [5.74, 6) is -0.472. The fourth-order valence-corrected chi connectivity index (χ4v) is 3.03. The molecule has 1 aliphatic rings. The second-order valence-electron chi connectivity index (χ2n) is 6.23. The quantitative estimate of drug-likeness (QED) is 0.812. The third-order valence-corrected chi connectivity index (χ3v) is 4.56. The van der Waals surface area contributed by atoms with Gasteiger partial charge in [0.1, 0.15) is 5.82 Å². The number of hydrogen-bond donors (Lipinski definition) is 2. The number of carbonyl (C=O) groups excluding carboxylic acids is 1. The molecule has 2 N–H and O–H groups in total. The Morgan fingerprint density at radius 3 is 2.85 bits per heavy atom. The van der Waals surface area contributed by atoms with Crippen LogP contribution in [0.5, 0.6) is 0 Å². The summed E-state index contributed by atoms with van der Waals surface area (Å²) in [6.07, 6.45) is 0.222. The lowest BCUT2D eigenvalue weighted by atomic mass is 10.1. The van der Waals surface area contributed by atoms with Crippen LogP contribution < -0.4 is 15.8 Å². The summed E-state index contributed by atoms with van der Waals surface area (Å²) in [4.78, 5) is 33.7. The third-order valence-electron chi connectivity index (χ3n) is 4.32. The molecule has 1 amide bonds. The van der Waals surface area contributed by atoms with Gasteiger partial charge in [0.05, 0.1) is 18.9 Å². The molecule has 1 aliphatic heterocycles. The molecule has 0 atom stereocenters. The van der Waals surface area contributed by atoms with Crippen LogP contribution in [0, 0.1) is 12.7 Å². The Bertz CT molecular complexity index is 897. The molecule has 1 aromatic carbocycles. The number of nitrogens with zero attached hydrogens (tertiary/aromatic N) is 2. The first-order valence-corrected chi connectivity index (χ1v) is 8.99. The number of morpholine rings is 1. The van der Waals surface area contributed by atoms with E-state index in [1.807, 2.05) is 4.90 Å². The zero-order valence-corrected chi connectivity index (χ0v) is 15.6. The lowest BCUT2D eigenvalue weighted by Gasteiger charge is -2.27. The Kier molecular flexibility index (Phi) is 6.08. The molecular formula is C18H20ClFN4O3. The average molecular weight is 395 g/mol. The van der Waals surface area contributed by atoms with Crippen LogP contribution in [0.25, 0.3) is 0 Å². The van der Waals surface area contributed by atoms with Gasteiger partial charge in [-0.2, -0.15) is 0 Å². The maximum absolute atomic E-state index is 13.7. The molecule has 1 fully saturated rings. The van der Waals surface area contributed by atoms with Crippen molar-refractivity contribution in [2.75, 3.05) is 36.5 Å². The summed E-state index contributed by atoms with van der Waals surface area (Å²) >= 11 is 5.81.